The Labute approximate surface area is 121 Å². The number of hydrogen-bond acceptors (Lipinski definition) is 6. The van der Waals surface area contributed by atoms with Gasteiger partial charge in [-0.25, -0.2) is 0 Å². The lowest BCUT2D eigenvalue weighted by atomic mass is 10.1. The molecule has 116 valence electrons. The summed E-state index contributed by atoms with van der Waals surface area (Å²) in [5.74, 6) is -0.895. The van der Waals surface area contributed by atoms with Gasteiger partial charge < -0.3 is 19.7 Å². The van der Waals surface area contributed by atoms with Crippen molar-refractivity contribution in [3.63, 3.8) is 0 Å². The summed E-state index contributed by atoms with van der Waals surface area (Å²) in [5, 5.41) is 29.3. The van der Waals surface area contributed by atoms with Gasteiger partial charge in [0.2, 0.25) is 5.75 Å². The number of nitro benzene ring substituents is 1. The zero-order chi connectivity index (χ0) is 16.0. The van der Waals surface area contributed by atoms with Crippen LogP contribution in [0.2, 0.25) is 0 Å². The van der Waals surface area contributed by atoms with Crippen LogP contribution in [0.1, 0.15) is 31.4 Å². The lowest BCUT2D eigenvalue weighted by molar-refractivity contribution is -0.387. The lowest BCUT2D eigenvalue weighted by Gasteiger charge is -2.14. The Hall–Kier alpha value is -2.35. The SMILES string of the molecule is COc1c(OCCCC(=O)O)ccc(C(C)O)c1[N+](=O)[O-]. The minimum atomic E-state index is -1.03. The van der Waals surface area contributed by atoms with Crippen LogP contribution in [0, 0.1) is 10.1 Å². The molecule has 1 unspecified atom stereocenters. The van der Waals surface area contributed by atoms with Gasteiger partial charge in [-0.15, -0.1) is 0 Å². The van der Waals surface area contributed by atoms with E-state index in [4.69, 9.17) is 14.6 Å². The third-order valence-electron chi connectivity index (χ3n) is 2.76. The highest BCUT2D eigenvalue weighted by Crippen LogP contribution is 2.41. The first-order chi connectivity index (χ1) is 9.88. The summed E-state index contributed by atoms with van der Waals surface area (Å²) in [6.45, 7) is 1.50. The van der Waals surface area contributed by atoms with E-state index in [1.165, 1.54) is 26.2 Å². The maximum atomic E-state index is 11.2. The van der Waals surface area contributed by atoms with Crippen LogP contribution in [0.15, 0.2) is 12.1 Å². The molecular formula is C13H17NO7. The maximum absolute atomic E-state index is 11.2. The minimum Gasteiger partial charge on any atom is -0.489 e. The van der Waals surface area contributed by atoms with E-state index in [1.807, 2.05) is 0 Å². The van der Waals surface area contributed by atoms with Crippen molar-refractivity contribution in [1.29, 1.82) is 0 Å². The Morgan fingerprint density at radius 2 is 2.14 bits per heavy atom. The number of aliphatic hydroxyl groups is 1. The first-order valence-electron chi connectivity index (χ1n) is 6.26. The van der Waals surface area contributed by atoms with Crippen molar-refractivity contribution in [3.8, 4) is 11.5 Å². The second-order valence-corrected chi connectivity index (χ2v) is 4.31. The van der Waals surface area contributed by atoms with Crippen molar-refractivity contribution in [2.75, 3.05) is 13.7 Å². The Morgan fingerprint density at radius 3 is 2.62 bits per heavy atom. The lowest BCUT2D eigenvalue weighted by Crippen LogP contribution is -2.06. The van der Waals surface area contributed by atoms with Crippen LogP contribution in [-0.2, 0) is 4.79 Å². The molecule has 8 nitrogen and oxygen atoms in total. The monoisotopic (exact) mass is 299 g/mol. The molecule has 0 spiro atoms. The van der Waals surface area contributed by atoms with Gasteiger partial charge in [-0.3, -0.25) is 14.9 Å². The molecule has 0 amide bonds. The normalized spacial score (nSPS) is 11.8. The third kappa shape index (κ3) is 4.32. The van der Waals surface area contributed by atoms with Crippen LogP contribution in [0.4, 0.5) is 5.69 Å². The van der Waals surface area contributed by atoms with Gasteiger partial charge in [0, 0.05) is 6.42 Å². The van der Waals surface area contributed by atoms with Gasteiger partial charge in [0.05, 0.1) is 30.3 Å². The summed E-state index contributed by atoms with van der Waals surface area (Å²) in [5.41, 5.74) is -0.238. The summed E-state index contributed by atoms with van der Waals surface area (Å²) in [7, 11) is 1.26. The van der Waals surface area contributed by atoms with Gasteiger partial charge >= 0.3 is 11.7 Å². The number of benzene rings is 1. The first kappa shape index (κ1) is 16.7. The fraction of sp³-hybridized carbons (Fsp3) is 0.462. The number of nitro groups is 1. The predicted molar refractivity (Wildman–Crippen MR) is 72.6 cm³/mol. The zero-order valence-corrected chi connectivity index (χ0v) is 11.7. The molecule has 1 rings (SSSR count). The Kier molecular flexibility index (Phi) is 5.92. The summed E-state index contributed by atoms with van der Waals surface area (Å²) < 4.78 is 10.3. The second kappa shape index (κ2) is 7.44. The molecule has 0 heterocycles. The van der Waals surface area contributed by atoms with Crippen molar-refractivity contribution in [3.05, 3.63) is 27.8 Å². The number of carbonyl (C=O) groups is 1. The molecule has 1 aromatic rings. The molecule has 1 atom stereocenters. The minimum absolute atomic E-state index is 0.0594. The van der Waals surface area contributed by atoms with Crippen LogP contribution >= 0.6 is 0 Å². The summed E-state index contributed by atoms with van der Waals surface area (Å²) in [6.07, 6.45) is -0.819. The van der Waals surface area contributed by atoms with E-state index in [-0.39, 0.29) is 42.2 Å². The number of ether oxygens (including phenoxy) is 2. The number of carboxylic acids is 1. The smallest absolute Gasteiger partial charge is 0.320 e. The number of aliphatic hydroxyl groups excluding tert-OH is 1. The van der Waals surface area contributed by atoms with Crippen molar-refractivity contribution in [2.24, 2.45) is 0 Å². The molecule has 0 aliphatic rings. The largest absolute Gasteiger partial charge is 0.489 e. The first-order valence-corrected chi connectivity index (χ1v) is 6.26. The van der Waals surface area contributed by atoms with Crippen molar-refractivity contribution in [2.45, 2.75) is 25.9 Å². The predicted octanol–water partition coefficient (Wildman–Crippen LogP) is 1.90. The zero-order valence-electron chi connectivity index (χ0n) is 11.7. The molecule has 0 saturated carbocycles. The van der Waals surface area contributed by atoms with E-state index in [9.17, 15) is 20.0 Å². The highest BCUT2D eigenvalue weighted by molar-refractivity contribution is 5.66. The van der Waals surface area contributed by atoms with Gasteiger partial charge in [-0.2, -0.15) is 0 Å². The van der Waals surface area contributed by atoms with Crippen LogP contribution in [0.3, 0.4) is 0 Å². The summed E-state index contributed by atoms with van der Waals surface area (Å²) >= 11 is 0. The van der Waals surface area contributed by atoms with Crippen LogP contribution in [-0.4, -0.2) is 34.8 Å². The molecule has 0 bridgehead atoms. The van der Waals surface area contributed by atoms with Crippen molar-refractivity contribution < 1.29 is 29.4 Å². The number of carboxylic acid groups (broad SMARTS) is 1. The van der Waals surface area contributed by atoms with Crippen molar-refractivity contribution in [1.82, 2.24) is 0 Å². The topological polar surface area (TPSA) is 119 Å². The van der Waals surface area contributed by atoms with E-state index in [0.29, 0.717) is 0 Å². The Bertz CT molecular complexity index is 527. The van der Waals surface area contributed by atoms with Gasteiger partial charge in [-0.05, 0) is 25.5 Å². The Morgan fingerprint density at radius 1 is 1.48 bits per heavy atom. The van der Waals surface area contributed by atoms with Gasteiger partial charge in [0.15, 0.2) is 5.75 Å². The fourth-order valence-corrected chi connectivity index (χ4v) is 1.81. The molecule has 2 N–H and O–H groups in total. The standard InChI is InChI=1S/C13H17NO7/c1-8(15)9-5-6-10(21-7-3-4-11(16)17)13(20-2)12(9)14(18)19/h5-6,8,15H,3-4,7H2,1-2H3,(H,16,17). The molecular weight excluding hydrogens is 282 g/mol. The molecule has 0 aliphatic carbocycles. The number of aliphatic carboxylic acids is 1. The van der Waals surface area contributed by atoms with Gasteiger partial charge in [-0.1, -0.05) is 0 Å². The quantitative estimate of drug-likeness (QED) is 0.427. The summed E-state index contributed by atoms with van der Waals surface area (Å²) in [6, 6.07) is 2.84. The molecule has 0 aromatic heterocycles. The molecule has 8 heteroatoms. The fourth-order valence-electron chi connectivity index (χ4n) is 1.81. The van der Waals surface area contributed by atoms with E-state index in [2.05, 4.69) is 0 Å². The van der Waals surface area contributed by atoms with E-state index in [0.717, 1.165) is 0 Å². The van der Waals surface area contributed by atoms with Crippen LogP contribution in [0.5, 0.6) is 11.5 Å². The maximum Gasteiger partial charge on any atom is 0.320 e. The number of hydrogen-bond donors (Lipinski definition) is 2. The van der Waals surface area contributed by atoms with E-state index < -0.39 is 17.0 Å². The van der Waals surface area contributed by atoms with E-state index >= 15 is 0 Å². The molecule has 0 aliphatic heterocycles. The number of rotatable bonds is 8. The van der Waals surface area contributed by atoms with Crippen LogP contribution in [0.25, 0.3) is 0 Å². The molecule has 0 fully saturated rings. The second-order valence-electron chi connectivity index (χ2n) is 4.31. The summed E-state index contributed by atoms with van der Waals surface area (Å²) in [4.78, 5) is 20.9. The average molecular weight is 299 g/mol. The van der Waals surface area contributed by atoms with Gasteiger partial charge in [0.25, 0.3) is 0 Å². The van der Waals surface area contributed by atoms with E-state index in [1.54, 1.807) is 0 Å². The highest BCUT2D eigenvalue weighted by Gasteiger charge is 2.27. The Balaban J connectivity index is 3.02. The number of nitrogens with zero attached hydrogens (tertiary/aromatic N) is 1. The molecule has 21 heavy (non-hydrogen) atoms. The molecule has 0 radical (unpaired) electrons. The molecule has 1 aromatic carbocycles. The van der Waals surface area contributed by atoms with Crippen molar-refractivity contribution >= 4 is 11.7 Å². The van der Waals surface area contributed by atoms with Crippen LogP contribution < -0.4 is 9.47 Å². The highest BCUT2D eigenvalue weighted by atomic mass is 16.6. The molecule has 0 saturated heterocycles. The number of methoxy groups -OCH3 is 1. The van der Waals surface area contributed by atoms with Gasteiger partial charge in [0.1, 0.15) is 0 Å². The average Bonchev–Trinajstić information content (AvgIpc) is 2.41. The third-order valence-corrected chi connectivity index (χ3v) is 2.76.